The second-order valence-corrected chi connectivity index (χ2v) is 7.56. The van der Waals surface area contributed by atoms with Gasteiger partial charge in [-0.05, 0) is 61.0 Å². The van der Waals surface area contributed by atoms with Crippen molar-refractivity contribution in [1.29, 1.82) is 0 Å². The predicted molar refractivity (Wildman–Crippen MR) is 104 cm³/mol. The van der Waals surface area contributed by atoms with Crippen molar-refractivity contribution in [3.63, 3.8) is 0 Å². The highest BCUT2D eigenvalue weighted by Gasteiger charge is 2.16. The molecule has 9 nitrogen and oxygen atoms in total. The van der Waals surface area contributed by atoms with Gasteiger partial charge in [-0.25, -0.2) is 23.2 Å². The molecule has 0 atom stereocenters. The summed E-state index contributed by atoms with van der Waals surface area (Å²) < 4.78 is 38.3. The summed E-state index contributed by atoms with van der Waals surface area (Å²) in [4.78, 5) is 18.5. The van der Waals surface area contributed by atoms with Crippen LogP contribution in [0.1, 0.15) is 5.56 Å². The lowest BCUT2D eigenvalue weighted by atomic mass is 10.2. The number of carboxylic acids is 1. The Bertz CT molecular complexity index is 1100. The summed E-state index contributed by atoms with van der Waals surface area (Å²) in [5, 5.41) is 8.67. The van der Waals surface area contributed by atoms with Gasteiger partial charge in [-0.2, -0.15) is 0 Å². The van der Waals surface area contributed by atoms with Crippen LogP contribution >= 0.6 is 0 Å². The molecule has 3 aromatic rings. The molecule has 0 saturated heterocycles. The number of aliphatic carboxylic acids is 1. The van der Waals surface area contributed by atoms with E-state index in [4.69, 9.17) is 14.6 Å². The van der Waals surface area contributed by atoms with Gasteiger partial charge in [0.25, 0.3) is 10.0 Å². The van der Waals surface area contributed by atoms with Crippen molar-refractivity contribution in [2.75, 3.05) is 11.3 Å². The molecule has 0 bridgehead atoms. The molecule has 1 heterocycles. The third-order valence-corrected chi connectivity index (χ3v) is 5.04. The first-order valence-corrected chi connectivity index (χ1v) is 9.85. The van der Waals surface area contributed by atoms with E-state index in [-0.39, 0.29) is 10.9 Å². The van der Waals surface area contributed by atoms with Gasteiger partial charge in [0.2, 0.25) is 0 Å². The van der Waals surface area contributed by atoms with Crippen LogP contribution in [0.4, 0.5) is 5.69 Å². The monoisotopic (exact) mass is 415 g/mol. The summed E-state index contributed by atoms with van der Waals surface area (Å²) in [6.07, 6.45) is 3.09. The lowest BCUT2D eigenvalue weighted by Crippen LogP contribution is -2.14. The Morgan fingerprint density at radius 2 is 1.79 bits per heavy atom. The third kappa shape index (κ3) is 5.42. The number of aromatic nitrogens is 2. The van der Waals surface area contributed by atoms with Crippen molar-refractivity contribution in [1.82, 2.24) is 9.97 Å². The van der Waals surface area contributed by atoms with E-state index in [0.717, 1.165) is 0 Å². The van der Waals surface area contributed by atoms with E-state index in [1.54, 1.807) is 49.6 Å². The van der Waals surface area contributed by atoms with Crippen LogP contribution in [0.15, 0.2) is 65.8 Å². The Morgan fingerprint density at radius 3 is 2.41 bits per heavy atom. The Labute approximate surface area is 167 Å². The number of rotatable bonds is 8. The maximum absolute atomic E-state index is 12.6. The summed E-state index contributed by atoms with van der Waals surface area (Å²) in [6, 6.07) is 12.3. The first kappa shape index (κ1) is 20.1. The minimum atomic E-state index is -3.84. The Kier molecular flexibility index (Phi) is 5.93. The van der Waals surface area contributed by atoms with E-state index < -0.39 is 22.6 Å². The summed E-state index contributed by atoms with van der Waals surface area (Å²) >= 11 is 0. The minimum absolute atomic E-state index is 0.0238. The normalized spacial score (nSPS) is 10.9. The van der Waals surface area contributed by atoms with Crippen molar-refractivity contribution < 1.29 is 27.8 Å². The molecule has 10 heteroatoms. The van der Waals surface area contributed by atoms with Crippen LogP contribution in [-0.2, 0) is 14.8 Å². The SMILES string of the molecule is Cc1cc(S(=O)(=O)Nc2ccc(Oc3ncccn3)cc2)ccc1OCC(=O)O. The first-order chi connectivity index (χ1) is 13.8. The van der Waals surface area contributed by atoms with Crippen LogP contribution in [0, 0.1) is 6.92 Å². The van der Waals surface area contributed by atoms with Gasteiger partial charge in [-0.3, -0.25) is 4.72 Å². The predicted octanol–water partition coefficient (Wildman–Crippen LogP) is 2.84. The molecule has 1 aromatic heterocycles. The zero-order chi connectivity index (χ0) is 20.9. The number of carboxylic acid groups (broad SMARTS) is 1. The van der Waals surface area contributed by atoms with Gasteiger partial charge in [-0.1, -0.05) is 0 Å². The highest BCUT2D eigenvalue weighted by atomic mass is 32.2. The van der Waals surface area contributed by atoms with Crippen molar-refractivity contribution in [3.05, 3.63) is 66.5 Å². The Morgan fingerprint density at radius 1 is 1.10 bits per heavy atom. The lowest BCUT2D eigenvalue weighted by Gasteiger charge is -2.12. The third-order valence-electron chi connectivity index (χ3n) is 3.67. The number of hydrogen-bond acceptors (Lipinski definition) is 7. The molecule has 0 fully saturated rings. The number of aryl methyl sites for hydroxylation is 1. The number of hydrogen-bond donors (Lipinski definition) is 2. The van der Waals surface area contributed by atoms with Gasteiger partial charge in [0, 0.05) is 18.1 Å². The van der Waals surface area contributed by atoms with Crippen molar-refractivity contribution in [3.8, 4) is 17.5 Å². The molecule has 29 heavy (non-hydrogen) atoms. The van der Waals surface area contributed by atoms with Crippen molar-refractivity contribution in [2.24, 2.45) is 0 Å². The molecule has 0 aliphatic heterocycles. The van der Waals surface area contributed by atoms with Crippen LogP contribution < -0.4 is 14.2 Å². The average molecular weight is 415 g/mol. The standard InChI is InChI=1S/C19H17N3O6S/c1-13-11-16(7-8-17(13)27-12-18(23)24)29(25,26)22-14-3-5-15(6-4-14)28-19-20-9-2-10-21-19/h2-11,22H,12H2,1H3,(H,23,24). The summed E-state index contributed by atoms with van der Waals surface area (Å²) in [5.74, 6) is -0.361. The maximum Gasteiger partial charge on any atom is 0.341 e. The molecule has 2 N–H and O–H groups in total. The van der Waals surface area contributed by atoms with Crippen LogP contribution in [0.25, 0.3) is 0 Å². The first-order valence-electron chi connectivity index (χ1n) is 8.36. The van der Waals surface area contributed by atoms with Gasteiger partial charge in [-0.15, -0.1) is 0 Å². The van der Waals surface area contributed by atoms with Gasteiger partial charge < -0.3 is 14.6 Å². The van der Waals surface area contributed by atoms with Crippen LogP contribution in [0.3, 0.4) is 0 Å². The number of benzene rings is 2. The van der Waals surface area contributed by atoms with Crippen LogP contribution in [0.2, 0.25) is 0 Å². The highest BCUT2D eigenvalue weighted by molar-refractivity contribution is 7.92. The molecule has 3 rings (SSSR count). The van der Waals surface area contributed by atoms with E-state index in [1.165, 1.54) is 18.2 Å². The zero-order valence-electron chi connectivity index (χ0n) is 15.3. The lowest BCUT2D eigenvalue weighted by molar-refractivity contribution is -0.139. The van der Waals surface area contributed by atoms with Gasteiger partial charge in [0.1, 0.15) is 11.5 Å². The molecule has 0 radical (unpaired) electrons. The number of ether oxygens (including phenoxy) is 2. The molecule has 0 unspecified atom stereocenters. The van der Waals surface area contributed by atoms with E-state index >= 15 is 0 Å². The molecule has 0 aliphatic rings. The molecular formula is C19H17N3O6S. The quantitative estimate of drug-likeness (QED) is 0.575. The number of anilines is 1. The van der Waals surface area contributed by atoms with E-state index in [1.807, 2.05) is 0 Å². The Hall–Kier alpha value is -3.66. The van der Waals surface area contributed by atoms with E-state index in [0.29, 0.717) is 22.7 Å². The van der Waals surface area contributed by atoms with Crippen LogP contribution in [-0.4, -0.2) is 36.1 Å². The number of sulfonamides is 1. The Balaban J connectivity index is 1.70. The highest BCUT2D eigenvalue weighted by Crippen LogP contribution is 2.25. The van der Waals surface area contributed by atoms with Crippen LogP contribution in [0.5, 0.6) is 17.5 Å². The molecule has 150 valence electrons. The summed E-state index contributed by atoms with van der Waals surface area (Å²) in [6.45, 7) is 1.13. The molecule has 0 aliphatic carbocycles. The average Bonchev–Trinajstić information content (AvgIpc) is 2.69. The van der Waals surface area contributed by atoms with E-state index in [9.17, 15) is 13.2 Å². The summed E-state index contributed by atoms with van der Waals surface area (Å²) in [7, 11) is -3.84. The molecular weight excluding hydrogens is 398 g/mol. The summed E-state index contributed by atoms with van der Waals surface area (Å²) in [5.41, 5.74) is 0.843. The van der Waals surface area contributed by atoms with Crippen molar-refractivity contribution >= 4 is 21.7 Å². The molecule has 0 spiro atoms. The van der Waals surface area contributed by atoms with E-state index in [2.05, 4.69) is 14.7 Å². The molecule has 0 saturated carbocycles. The minimum Gasteiger partial charge on any atom is -0.482 e. The fraction of sp³-hybridized carbons (Fsp3) is 0.105. The maximum atomic E-state index is 12.6. The smallest absolute Gasteiger partial charge is 0.341 e. The number of carbonyl (C=O) groups is 1. The second kappa shape index (κ2) is 8.57. The number of nitrogens with one attached hydrogen (secondary N) is 1. The molecule has 2 aromatic carbocycles. The molecule has 0 amide bonds. The van der Waals surface area contributed by atoms with Gasteiger partial charge in [0.05, 0.1) is 4.90 Å². The number of nitrogens with zero attached hydrogens (tertiary/aromatic N) is 2. The fourth-order valence-corrected chi connectivity index (χ4v) is 3.48. The van der Waals surface area contributed by atoms with Gasteiger partial charge >= 0.3 is 12.0 Å². The topological polar surface area (TPSA) is 128 Å². The fourth-order valence-electron chi connectivity index (χ4n) is 2.34. The van der Waals surface area contributed by atoms with Gasteiger partial charge in [0.15, 0.2) is 6.61 Å². The second-order valence-electron chi connectivity index (χ2n) is 5.87. The van der Waals surface area contributed by atoms with Crippen molar-refractivity contribution in [2.45, 2.75) is 11.8 Å². The zero-order valence-corrected chi connectivity index (χ0v) is 16.1. The largest absolute Gasteiger partial charge is 0.482 e.